The lowest BCUT2D eigenvalue weighted by Gasteiger charge is -2.10. The van der Waals surface area contributed by atoms with Crippen LogP contribution < -0.4 is 5.32 Å². The number of aryl methyl sites for hydroxylation is 2. The number of para-hydroxylation sites is 2. The third-order valence-corrected chi connectivity index (χ3v) is 4.23. The molecule has 3 rings (SSSR count). The van der Waals surface area contributed by atoms with Gasteiger partial charge in [0.1, 0.15) is 0 Å². The third kappa shape index (κ3) is 2.90. The number of anilines is 1. The maximum atomic E-state index is 12.6. The molecular formula is C18H17ClN4O. The number of benzene rings is 2. The van der Waals surface area contributed by atoms with Crippen LogP contribution in [0.5, 0.6) is 0 Å². The van der Waals surface area contributed by atoms with Crippen LogP contribution in [0.25, 0.3) is 5.69 Å². The topological polar surface area (TPSA) is 59.8 Å². The molecule has 5 nitrogen and oxygen atoms in total. The number of amides is 1. The molecule has 0 bridgehead atoms. The summed E-state index contributed by atoms with van der Waals surface area (Å²) in [4.78, 5) is 12.6. The van der Waals surface area contributed by atoms with Gasteiger partial charge in [-0.1, -0.05) is 47.1 Å². The van der Waals surface area contributed by atoms with Gasteiger partial charge in [-0.05, 0) is 44.0 Å². The molecule has 0 radical (unpaired) electrons. The van der Waals surface area contributed by atoms with E-state index in [-0.39, 0.29) is 11.6 Å². The molecule has 1 heterocycles. The van der Waals surface area contributed by atoms with Crippen LogP contribution in [0.2, 0.25) is 5.02 Å². The van der Waals surface area contributed by atoms with E-state index in [1.54, 1.807) is 17.7 Å². The number of rotatable bonds is 3. The smallest absolute Gasteiger partial charge is 0.278 e. The van der Waals surface area contributed by atoms with Gasteiger partial charge in [0.15, 0.2) is 5.69 Å². The van der Waals surface area contributed by atoms with Crippen molar-refractivity contribution in [2.24, 2.45) is 0 Å². The lowest BCUT2D eigenvalue weighted by molar-refractivity contribution is 0.102. The third-order valence-electron chi connectivity index (χ3n) is 3.91. The maximum absolute atomic E-state index is 12.6. The van der Waals surface area contributed by atoms with Gasteiger partial charge in [-0.2, -0.15) is 0 Å². The van der Waals surface area contributed by atoms with Crippen molar-refractivity contribution in [3.05, 3.63) is 70.0 Å². The maximum Gasteiger partial charge on any atom is 0.278 e. The Morgan fingerprint density at radius 3 is 2.38 bits per heavy atom. The van der Waals surface area contributed by atoms with Crippen molar-refractivity contribution >= 4 is 23.2 Å². The summed E-state index contributed by atoms with van der Waals surface area (Å²) < 4.78 is 1.57. The molecule has 0 fully saturated rings. The lowest BCUT2D eigenvalue weighted by Crippen LogP contribution is -2.15. The van der Waals surface area contributed by atoms with Crippen molar-refractivity contribution < 1.29 is 4.79 Å². The minimum Gasteiger partial charge on any atom is -0.320 e. The molecule has 6 heteroatoms. The van der Waals surface area contributed by atoms with Gasteiger partial charge >= 0.3 is 0 Å². The van der Waals surface area contributed by atoms with Crippen molar-refractivity contribution in [2.45, 2.75) is 20.8 Å². The molecule has 0 atom stereocenters. The number of hydrogen-bond acceptors (Lipinski definition) is 3. The van der Waals surface area contributed by atoms with Crippen LogP contribution in [-0.4, -0.2) is 20.9 Å². The van der Waals surface area contributed by atoms with E-state index in [4.69, 9.17) is 11.6 Å². The zero-order valence-corrected chi connectivity index (χ0v) is 14.4. The van der Waals surface area contributed by atoms with Crippen molar-refractivity contribution in [1.82, 2.24) is 15.0 Å². The first-order valence-electron chi connectivity index (χ1n) is 7.54. The van der Waals surface area contributed by atoms with Crippen LogP contribution in [0.3, 0.4) is 0 Å². The number of nitrogens with zero attached hydrogens (tertiary/aromatic N) is 3. The minimum atomic E-state index is -0.289. The summed E-state index contributed by atoms with van der Waals surface area (Å²) in [5.41, 5.74) is 4.40. The number of hydrogen-bond donors (Lipinski definition) is 1. The highest BCUT2D eigenvalue weighted by molar-refractivity contribution is 6.32. The van der Waals surface area contributed by atoms with E-state index in [1.165, 1.54) is 0 Å². The molecule has 0 unspecified atom stereocenters. The first-order valence-corrected chi connectivity index (χ1v) is 7.91. The molecule has 1 N–H and O–H groups in total. The Morgan fingerprint density at radius 1 is 1.04 bits per heavy atom. The van der Waals surface area contributed by atoms with Gasteiger partial charge in [0.25, 0.3) is 5.91 Å². The van der Waals surface area contributed by atoms with Crippen molar-refractivity contribution in [3.8, 4) is 5.69 Å². The summed E-state index contributed by atoms with van der Waals surface area (Å²) in [5.74, 6) is -0.289. The quantitative estimate of drug-likeness (QED) is 0.781. The van der Waals surface area contributed by atoms with Gasteiger partial charge in [-0.25, -0.2) is 4.68 Å². The fourth-order valence-corrected chi connectivity index (χ4v) is 2.79. The fraction of sp³-hybridized carbons (Fsp3) is 0.167. The summed E-state index contributed by atoms with van der Waals surface area (Å²) in [5, 5.41) is 11.6. The summed E-state index contributed by atoms with van der Waals surface area (Å²) in [6.07, 6.45) is 0. The Morgan fingerprint density at radius 2 is 1.71 bits per heavy atom. The Bertz CT molecular complexity index is 897. The molecule has 0 aliphatic heterocycles. The number of carbonyl (C=O) groups is 1. The summed E-state index contributed by atoms with van der Waals surface area (Å²) in [7, 11) is 0. The molecule has 0 aliphatic rings. The first kappa shape index (κ1) is 16.2. The fourth-order valence-electron chi connectivity index (χ4n) is 2.58. The van der Waals surface area contributed by atoms with Crippen LogP contribution in [0.15, 0.2) is 42.5 Å². The molecule has 0 spiro atoms. The lowest BCUT2D eigenvalue weighted by atomic mass is 10.1. The predicted molar refractivity (Wildman–Crippen MR) is 95.0 cm³/mol. The van der Waals surface area contributed by atoms with E-state index in [9.17, 15) is 4.79 Å². The van der Waals surface area contributed by atoms with E-state index in [2.05, 4.69) is 15.6 Å². The van der Waals surface area contributed by atoms with Crippen molar-refractivity contribution in [2.75, 3.05) is 5.32 Å². The van der Waals surface area contributed by atoms with Crippen LogP contribution in [-0.2, 0) is 0 Å². The van der Waals surface area contributed by atoms with E-state index in [0.29, 0.717) is 16.4 Å². The Hall–Kier alpha value is -2.66. The van der Waals surface area contributed by atoms with Crippen LogP contribution >= 0.6 is 11.6 Å². The largest absolute Gasteiger partial charge is 0.320 e. The first-order chi connectivity index (χ1) is 11.5. The number of nitrogens with one attached hydrogen (secondary N) is 1. The summed E-state index contributed by atoms with van der Waals surface area (Å²) >= 11 is 6.20. The van der Waals surface area contributed by atoms with Gasteiger partial charge < -0.3 is 5.32 Å². The Labute approximate surface area is 145 Å². The standard InChI is InChI=1S/C18H17ClN4O/c1-11-7-6-8-12(2)16(11)20-18(24)17-13(3)23(22-21-17)15-10-5-4-9-14(15)19/h4-10H,1-3H3,(H,20,24). The summed E-state index contributed by atoms with van der Waals surface area (Å²) in [6, 6.07) is 13.2. The monoisotopic (exact) mass is 340 g/mol. The zero-order chi connectivity index (χ0) is 17.3. The molecule has 24 heavy (non-hydrogen) atoms. The average molecular weight is 341 g/mol. The second-order valence-electron chi connectivity index (χ2n) is 5.61. The van der Waals surface area contributed by atoms with Crippen LogP contribution in [0.4, 0.5) is 5.69 Å². The van der Waals surface area contributed by atoms with Crippen LogP contribution in [0, 0.1) is 20.8 Å². The molecule has 0 saturated carbocycles. The number of halogens is 1. The zero-order valence-electron chi connectivity index (χ0n) is 13.7. The highest BCUT2D eigenvalue weighted by Crippen LogP contribution is 2.23. The van der Waals surface area contributed by atoms with Crippen molar-refractivity contribution in [3.63, 3.8) is 0 Å². The number of aromatic nitrogens is 3. The summed E-state index contributed by atoms with van der Waals surface area (Å²) in [6.45, 7) is 5.70. The minimum absolute atomic E-state index is 0.276. The van der Waals surface area contributed by atoms with Gasteiger partial charge in [-0.3, -0.25) is 4.79 Å². The Balaban J connectivity index is 1.94. The van der Waals surface area contributed by atoms with E-state index < -0.39 is 0 Å². The predicted octanol–water partition coefficient (Wildman–Crippen LogP) is 4.10. The average Bonchev–Trinajstić information content (AvgIpc) is 2.93. The molecule has 1 aromatic heterocycles. The second-order valence-corrected chi connectivity index (χ2v) is 6.01. The molecule has 3 aromatic rings. The van der Waals surface area contributed by atoms with Gasteiger partial charge in [-0.15, -0.1) is 5.10 Å². The molecule has 1 amide bonds. The molecule has 0 saturated heterocycles. The molecule has 122 valence electrons. The Kier molecular flexibility index (Phi) is 4.36. The van der Waals surface area contributed by atoms with E-state index in [1.807, 2.05) is 50.2 Å². The van der Waals surface area contributed by atoms with E-state index >= 15 is 0 Å². The highest BCUT2D eigenvalue weighted by atomic mass is 35.5. The van der Waals surface area contributed by atoms with Gasteiger partial charge in [0.05, 0.1) is 16.4 Å². The normalized spacial score (nSPS) is 10.7. The second kappa shape index (κ2) is 6.45. The van der Waals surface area contributed by atoms with E-state index in [0.717, 1.165) is 16.8 Å². The number of carbonyl (C=O) groups excluding carboxylic acids is 1. The van der Waals surface area contributed by atoms with Gasteiger partial charge in [0.2, 0.25) is 0 Å². The molecule has 2 aromatic carbocycles. The molecule has 0 aliphatic carbocycles. The van der Waals surface area contributed by atoms with Gasteiger partial charge in [0, 0.05) is 5.69 Å². The SMILES string of the molecule is Cc1cccc(C)c1NC(=O)c1nnn(-c2ccccc2Cl)c1C. The molecular weight excluding hydrogens is 324 g/mol. The van der Waals surface area contributed by atoms with Crippen LogP contribution in [0.1, 0.15) is 27.3 Å². The van der Waals surface area contributed by atoms with Crippen molar-refractivity contribution in [1.29, 1.82) is 0 Å². The highest BCUT2D eigenvalue weighted by Gasteiger charge is 2.19.